The fraction of sp³-hybridized carbons (Fsp3) is 0.353. The van der Waals surface area contributed by atoms with Gasteiger partial charge in [-0.1, -0.05) is 0 Å². The standard InChI is InChI=1S/C17H21N3O5S/c1-11(2)24-10-13-6-8-16(25-13)17(21)18-12-5-7-14-15(9-12)20(4)26(22,23)19(14)3/h5-9,11H,10H2,1-4H3,(H,18,21). The SMILES string of the molecule is CC(C)OCc1ccc(C(=O)Nc2ccc3c(c2)N(C)S(=O)(=O)N3C)o1. The summed E-state index contributed by atoms with van der Waals surface area (Å²) in [6.07, 6.45) is 0.0650. The average molecular weight is 379 g/mol. The van der Waals surface area contributed by atoms with E-state index in [0.29, 0.717) is 29.4 Å². The highest BCUT2D eigenvalue weighted by molar-refractivity contribution is 7.94. The summed E-state index contributed by atoms with van der Waals surface area (Å²) >= 11 is 0. The third-order valence-corrected chi connectivity index (χ3v) is 5.83. The minimum atomic E-state index is -3.55. The van der Waals surface area contributed by atoms with Crippen LogP contribution in [0, 0.1) is 0 Å². The Bertz CT molecular complexity index is 936. The largest absolute Gasteiger partial charge is 0.453 e. The Morgan fingerprint density at radius 1 is 1.15 bits per heavy atom. The summed E-state index contributed by atoms with van der Waals surface area (Å²) < 4.78 is 37.6. The molecule has 1 aliphatic heterocycles. The van der Waals surface area contributed by atoms with Crippen molar-refractivity contribution in [2.24, 2.45) is 0 Å². The fourth-order valence-electron chi connectivity index (χ4n) is 2.57. The van der Waals surface area contributed by atoms with Crippen molar-refractivity contribution in [1.82, 2.24) is 0 Å². The van der Waals surface area contributed by atoms with Gasteiger partial charge in [0.25, 0.3) is 5.91 Å². The van der Waals surface area contributed by atoms with Crippen LogP contribution in [0.1, 0.15) is 30.2 Å². The summed E-state index contributed by atoms with van der Waals surface area (Å²) in [7, 11) is -0.594. The first-order valence-electron chi connectivity index (χ1n) is 8.08. The number of anilines is 3. The molecule has 1 aliphatic rings. The molecule has 1 N–H and O–H groups in total. The molecule has 140 valence electrons. The molecule has 0 saturated heterocycles. The van der Waals surface area contributed by atoms with Crippen molar-refractivity contribution in [1.29, 1.82) is 0 Å². The zero-order valence-corrected chi connectivity index (χ0v) is 15.8. The first-order valence-corrected chi connectivity index (χ1v) is 9.48. The third kappa shape index (κ3) is 3.27. The maximum absolute atomic E-state index is 12.4. The second kappa shape index (κ2) is 6.65. The first-order chi connectivity index (χ1) is 12.2. The van der Waals surface area contributed by atoms with Crippen molar-refractivity contribution in [3.8, 4) is 0 Å². The van der Waals surface area contributed by atoms with Gasteiger partial charge in [-0.3, -0.25) is 13.4 Å². The Morgan fingerprint density at radius 3 is 2.54 bits per heavy atom. The molecule has 1 amide bonds. The van der Waals surface area contributed by atoms with E-state index in [1.165, 1.54) is 22.7 Å². The molecular formula is C17H21N3O5S. The van der Waals surface area contributed by atoms with Crippen LogP contribution in [0.4, 0.5) is 17.1 Å². The Hall–Kier alpha value is -2.52. The number of amides is 1. The van der Waals surface area contributed by atoms with Gasteiger partial charge in [0, 0.05) is 19.8 Å². The molecule has 0 saturated carbocycles. The van der Waals surface area contributed by atoms with E-state index in [1.807, 2.05) is 13.8 Å². The number of rotatable bonds is 5. The van der Waals surface area contributed by atoms with E-state index in [4.69, 9.17) is 9.15 Å². The van der Waals surface area contributed by atoms with E-state index < -0.39 is 16.1 Å². The molecule has 0 radical (unpaired) electrons. The molecule has 0 aliphatic carbocycles. The van der Waals surface area contributed by atoms with Crippen molar-refractivity contribution < 1.29 is 22.4 Å². The van der Waals surface area contributed by atoms with Crippen LogP contribution < -0.4 is 13.9 Å². The number of hydrogen-bond donors (Lipinski definition) is 1. The molecule has 1 aromatic heterocycles. The lowest BCUT2D eigenvalue weighted by atomic mass is 10.2. The topological polar surface area (TPSA) is 92.1 Å². The monoisotopic (exact) mass is 379 g/mol. The number of furan rings is 1. The maximum Gasteiger partial charge on any atom is 0.326 e. The van der Waals surface area contributed by atoms with E-state index in [1.54, 1.807) is 30.3 Å². The Balaban J connectivity index is 1.75. The molecule has 0 bridgehead atoms. The van der Waals surface area contributed by atoms with Crippen molar-refractivity contribution in [2.45, 2.75) is 26.6 Å². The minimum Gasteiger partial charge on any atom is -0.453 e. The van der Waals surface area contributed by atoms with Gasteiger partial charge in [-0.05, 0) is 44.2 Å². The van der Waals surface area contributed by atoms with E-state index in [2.05, 4.69) is 5.32 Å². The van der Waals surface area contributed by atoms with Crippen molar-refractivity contribution in [3.05, 3.63) is 41.9 Å². The maximum atomic E-state index is 12.4. The predicted molar refractivity (Wildman–Crippen MR) is 98.8 cm³/mol. The number of fused-ring (bicyclic) bond motifs is 1. The number of ether oxygens (including phenoxy) is 1. The molecule has 2 heterocycles. The molecule has 2 aromatic rings. The second-order valence-corrected chi connectivity index (χ2v) is 8.22. The number of nitrogens with zero attached hydrogens (tertiary/aromatic N) is 2. The number of hydrogen-bond acceptors (Lipinski definition) is 5. The smallest absolute Gasteiger partial charge is 0.326 e. The van der Waals surface area contributed by atoms with Gasteiger partial charge in [0.2, 0.25) is 0 Å². The first kappa shape index (κ1) is 18.3. The summed E-state index contributed by atoms with van der Waals surface area (Å²) in [5.74, 6) is 0.300. The van der Waals surface area contributed by atoms with Crippen LogP contribution in [0.5, 0.6) is 0 Å². The molecule has 0 fully saturated rings. The van der Waals surface area contributed by atoms with E-state index in [0.717, 1.165) is 0 Å². The normalized spacial score (nSPS) is 15.4. The average Bonchev–Trinajstić information content (AvgIpc) is 3.12. The zero-order chi connectivity index (χ0) is 19.1. The van der Waals surface area contributed by atoms with Gasteiger partial charge in [-0.15, -0.1) is 0 Å². The number of carbonyl (C=O) groups excluding carboxylic acids is 1. The van der Waals surface area contributed by atoms with Crippen LogP contribution in [-0.4, -0.2) is 34.5 Å². The van der Waals surface area contributed by atoms with E-state index in [-0.39, 0.29) is 11.9 Å². The van der Waals surface area contributed by atoms with Crippen LogP contribution >= 0.6 is 0 Å². The molecule has 8 nitrogen and oxygen atoms in total. The Kier molecular flexibility index (Phi) is 4.68. The summed E-state index contributed by atoms with van der Waals surface area (Å²) in [5.41, 5.74) is 1.52. The van der Waals surface area contributed by atoms with Crippen LogP contribution in [0.25, 0.3) is 0 Å². The minimum absolute atomic E-state index is 0.0650. The third-order valence-electron chi connectivity index (χ3n) is 4.05. The highest BCUT2D eigenvalue weighted by Gasteiger charge is 2.35. The molecule has 26 heavy (non-hydrogen) atoms. The fourth-order valence-corrected chi connectivity index (χ4v) is 3.74. The van der Waals surface area contributed by atoms with Crippen LogP contribution in [0.3, 0.4) is 0 Å². The summed E-state index contributed by atoms with van der Waals surface area (Å²) in [6, 6.07) is 8.17. The van der Waals surface area contributed by atoms with Crippen molar-refractivity contribution in [3.63, 3.8) is 0 Å². The Labute approximate surface area is 152 Å². The molecule has 3 rings (SSSR count). The van der Waals surface area contributed by atoms with E-state index >= 15 is 0 Å². The van der Waals surface area contributed by atoms with E-state index in [9.17, 15) is 13.2 Å². The lowest BCUT2D eigenvalue weighted by molar-refractivity contribution is 0.0537. The molecule has 0 atom stereocenters. The van der Waals surface area contributed by atoms with Gasteiger partial charge in [0.15, 0.2) is 5.76 Å². The number of benzene rings is 1. The summed E-state index contributed by atoms with van der Waals surface area (Å²) in [5, 5.41) is 2.72. The molecule has 1 aromatic carbocycles. The quantitative estimate of drug-likeness (QED) is 0.862. The van der Waals surface area contributed by atoms with Gasteiger partial charge in [-0.25, -0.2) is 0 Å². The zero-order valence-electron chi connectivity index (χ0n) is 15.0. The van der Waals surface area contributed by atoms with Crippen LogP contribution in [0.2, 0.25) is 0 Å². The highest BCUT2D eigenvalue weighted by Crippen LogP contribution is 2.40. The highest BCUT2D eigenvalue weighted by atomic mass is 32.2. The summed E-state index contributed by atoms with van der Waals surface area (Å²) in [4.78, 5) is 12.4. The number of carbonyl (C=O) groups is 1. The number of nitrogens with one attached hydrogen (secondary N) is 1. The molecule has 0 unspecified atom stereocenters. The Morgan fingerprint density at radius 2 is 1.85 bits per heavy atom. The van der Waals surface area contributed by atoms with Gasteiger partial charge in [0.1, 0.15) is 12.4 Å². The van der Waals surface area contributed by atoms with Crippen LogP contribution in [-0.2, 0) is 21.6 Å². The van der Waals surface area contributed by atoms with Crippen molar-refractivity contribution in [2.75, 3.05) is 28.0 Å². The summed E-state index contributed by atoms with van der Waals surface area (Å²) in [6.45, 7) is 4.12. The molecule has 9 heteroatoms. The second-order valence-electron chi connectivity index (χ2n) is 6.23. The molecular weight excluding hydrogens is 358 g/mol. The van der Waals surface area contributed by atoms with Gasteiger partial charge >= 0.3 is 10.2 Å². The van der Waals surface area contributed by atoms with Crippen molar-refractivity contribution >= 4 is 33.2 Å². The van der Waals surface area contributed by atoms with Crippen LogP contribution in [0.15, 0.2) is 34.7 Å². The van der Waals surface area contributed by atoms with Gasteiger partial charge in [-0.2, -0.15) is 8.42 Å². The van der Waals surface area contributed by atoms with Gasteiger partial charge in [0.05, 0.1) is 17.5 Å². The van der Waals surface area contributed by atoms with Gasteiger partial charge < -0.3 is 14.5 Å². The predicted octanol–water partition coefficient (Wildman–Crippen LogP) is 2.59. The lowest BCUT2D eigenvalue weighted by Gasteiger charge is -2.13. The molecule has 0 spiro atoms. The lowest BCUT2D eigenvalue weighted by Crippen LogP contribution is -2.32.